The fourth-order valence-corrected chi connectivity index (χ4v) is 3.00. The lowest BCUT2D eigenvalue weighted by Gasteiger charge is -2.25. The van der Waals surface area contributed by atoms with Crippen LogP contribution in [0.5, 0.6) is 0 Å². The van der Waals surface area contributed by atoms with Gasteiger partial charge in [-0.05, 0) is 43.9 Å². The molecule has 1 atom stereocenters. The Labute approximate surface area is 143 Å². The van der Waals surface area contributed by atoms with E-state index < -0.39 is 0 Å². The summed E-state index contributed by atoms with van der Waals surface area (Å²) in [5.74, 6) is 0.0331. The molecule has 0 bridgehead atoms. The summed E-state index contributed by atoms with van der Waals surface area (Å²) in [6, 6.07) is 12.1. The maximum Gasteiger partial charge on any atom is 0.255 e. The lowest BCUT2D eigenvalue weighted by Crippen LogP contribution is -2.38. The summed E-state index contributed by atoms with van der Waals surface area (Å²) in [7, 11) is 0. The predicted molar refractivity (Wildman–Crippen MR) is 94.0 cm³/mol. The Morgan fingerprint density at radius 3 is 2.79 bits per heavy atom. The fourth-order valence-electron chi connectivity index (χ4n) is 3.00. The van der Waals surface area contributed by atoms with Crippen LogP contribution in [0.2, 0.25) is 0 Å². The maximum absolute atomic E-state index is 12.8. The van der Waals surface area contributed by atoms with Crippen LogP contribution in [0.3, 0.4) is 0 Å². The first-order valence-electron chi connectivity index (χ1n) is 8.59. The topological polar surface area (TPSA) is 42.4 Å². The van der Waals surface area contributed by atoms with E-state index in [0.29, 0.717) is 18.7 Å². The van der Waals surface area contributed by atoms with Crippen LogP contribution in [0, 0.1) is 6.92 Å². The monoisotopic (exact) mass is 324 g/mol. The molecular formula is C20H24N2O2. The first-order valence-corrected chi connectivity index (χ1v) is 8.59. The van der Waals surface area contributed by atoms with Crippen LogP contribution in [0.15, 0.2) is 48.8 Å². The van der Waals surface area contributed by atoms with Gasteiger partial charge in [0.1, 0.15) is 0 Å². The number of nitrogens with zero attached hydrogens (tertiary/aromatic N) is 2. The van der Waals surface area contributed by atoms with E-state index in [1.165, 1.54) is 11.1 Å². The highest BCUT2D eigenvalue weighted by atomic mass is 16.5. The molecule has 1 aliphatic heterocycles. The third-order valence-corrected chi connectivity index (χ3v) is 4.43. The number of carbonyl (C=O) groups is 1. The van der Waals surface area contributed by atoms with Crippen LogP contribution in [0.1, 0.15) is 34.3 Å². The molecule has 24 heavy (non-hydrogen) atoms. The highest BCUT2D eigenvalue weighted by Gasteiger charge is 2.23. The number of carbonyl (C=O) groups excluding carboxylic acids is 1. The van der Waals surface area contributed by atoms with Gasteiger partial charge in [0.15, 0.2) is 0 Å². The Balaban J connectivity index is 1.68. The van der Waals surface area contributed by atoms with E-state index in [-0.39, 0.29) is 12.0 Å². The molecule has 2 heterocycles. The Morgan fingerprint density at radius 1 is 1.29 bits per heavy atom. The van der Waals surface area contributed by atoms with Crippen molar-refractivity contribution < 1.29 is 9.53 Å². The zero-order chi connectivity index (χ0) is 16.8. The Hall–Kier alpha value is -2.20. The average Bonchev–Trinajstić information content (AvgIpc) is 3.13. The van der Waals surface area contributed by atoms with E-state index in [9.17, 15) is 4.79 Å². The van der Waals surface area contributed by atoms with Crippen molar-refractivity contribution in [1.82, 2.24) is 9.88 Å². The second kappa shape index (κ2) is 8.06. The molecule has 126 valence electrons. The largest absolute Gasteiger partial charge is 0.376 e. The first-order chi connectivity index (χ1) is 11.7. The molecule has 4 heteroatoms. The molecule has 4 nitrogen and oxygen atoms in total. The highest BCUT2D eigenvalue weighted by Crippen LogP contribution is 2.16. The summed E-state index contributed by atoms with van der Waals surface area (Å²) >= 11 is 0. The zero-order valence-electron chi connectivity index (χ0n) is 14.1. The van der Waals surface area contributed by atoms with Crippen LogP contribution >= 0.6 is 0 Å². The number of ether oxygens (including phenoxy) is 1. The number of hydrogen-bond donors (Lipinski definition) is 0. The third-order valence-electron chi connectivity index (χ3n) is 4.43. The molecule has 2 aromatic rings. The standard InChI is InChI=1S/C20H24N2O2/c1-16-6-8-17(9-7-16)10-12-22(15-19-5-3-13-24-19)20(23)18-4-2-11-21-14-18/h2,4,6-9,11,14,19H,3,5,10,12-13,15H2,1H3/t19-/m0/s1. The Morgan fingerprint density at radius 2 is 2.12 bits per heavy atom. The van der Waals surface area contributed by atoms with Crippen molar-refractivity contribution in [3.63, 3.8) is 0 Å². The van der Waals surface area contributed by atoms with E-state index >= 15 is 0 Å². The summed E-state index contributed by atoms with van der Waals surface area (Å²) in [4.78, 5) is 18.8. The molecule has 1 fully saturated rings. The molecule has 1 aromatic carbocycles. The van der Waals surface area contributed by atoms with E-state index in [0.717, 1.165) is 25.9 Å². The van der Waals surface area contributed by atoms with Crippen molar-refractivity contribution in [3.05, 3.63) is 65.5 Å². The molecule has 0 aliphatic carbocycles. The van der Waals surface area contributed by atoms with Gasteiger partial charge >= 0.3 is 0 Å². The Bertz CT molecular complexity index is 649. The summed E-state index contributed by atoms with van der Waals surface area (Å²) in [6.07, 6.45) is 6.44. The smallest absolute Gasteiger partial charge is 0.255 e. The quantitative estimate of drug-likeness (QED) is 0.819. The molecule has 3 rings (SSSR count). The van der Waals surface area contributed by atoms with Crippen LogP contribution in [-0.2, 0) is 11.2 Å². The molecule has 0 N–H and O–H groups in total. The van der Waals surface area contributed by atoms with Gasteiger partial charge in [-0.25, -0.2) is 0 Å². The molecule has 1 amide bonds. The van der Waals surface area contributed by atoms with Gasteiger partial charge in [0.25, 0.3) is 5.91 Å². The predicted octanol–water partition coefficient (Wildman–Crippen LogP) is 3.25. The Kier molecular flexibility index (Phi) is 5.59. The number of aryl methyl sites for hydroxylation is 1. The van der Waals surface area contributed by atoms with E-state index in [2.05, 4.69) is 36.2 Å². The van der Waals surface area contributed by atoms with Crippen LogP contribution in [0.4, 0.5) is 0 Å². The van der Waals surface area contributed by atoms with Crippen LogP contribution < -0.4 is 0 Å². The minimum Gasteiger partial charge on any atom is -0.376 e. The first kappa shape index (κ1) is 16.7. The van der Waals surface area contributed by atoms with Gasteiger partial charge in [-0.1, -0.05) is 29.8 Å². The molecule has 0 unspecified atom stereocenters. The lowest BCUT2D eigenvalue weighted by molar-refractivity contribution is 0.0528. The average molecular weight is 324 g/mol. The SMILES string of the molecule is Cc1ccc(CCN(C[C@@H]2CCCO2)C(=O)c2cccnc2)cc1. The number of aromatic nitrogens is 1. The zero-order valence-corrected chi connectivity index (χ0v) is 14.1. The van der Waals surface area contributed by atoms with Crippen molar-refractivity contribution in [2.75, 3.05) is 19.7 Å². The van der Waals surface area contributed by atoms with Gasteiger partial charge in [-0.15, -0.1) is 0 Å². The summed E-state index contributed by atoms with van der Waals surface area (Å²) < 4.78 is 5.73. The second-order valence-electron chi connectivity index (χ2n) is 6.36. The van der Waals surface area contributed by atoms with Gasteiger partial charge in [0.05, 0.1) is 11.7 Å². The van der Waals surface area contributed by atoms with Crippen molar-refractivity contribution in [2.24, 2.45) is 0 Å². The number of benzene rings is 1. The van der Waals surface area contributed by atoms with Crippen molar-refractivity contribution in [1.29, 1.82) is 0 Å². The van der Waals surface area contributed by atoms with Gasteiger partial charge in [0, 0.05) is 32.1 Å². The van der Waals surface area contributed by atoms with Crippen LogP contribution in [-0.4, -0.2) is 41.6 Å². The van der Waals surface area contributed by atoms with Crippen molar-refractivity contribution in [3.8, 4) is 0 Å². The fraction of sp³-hybridized carbons (Fsp3) is 0.400. The van der Waals surface area contributed by atoms with Crippen LogP contribution in [0.25, 0.3) is 0 Å². The lowest BCUT2D eigenvalue weighted by atomic mass is 10.1. The van der Waals surface area contributed by atoms with Crippen molar-refractivity contribution >= 4 is 5.91 Å². The molecule has 0 radical (unpaired) electrons. The summed E-state index contributed by atoms with van der Waals surface area (Å²) in [5, 5.41) is 0. The summed E-state index contributed by atoms with van der Waals surface area (Å²) in [5.41, 5.74) is 3.14. The van der Waals surface area contributed by atoms with Gasteiger partial charge in [-0.2, -0.15) is 0 Å². The molecule has 0 saturated carbocycles. The minimum atomic E-state index is 0.0331. The van der Waals surface area contributed by atoms with E-state index in [4.69, 9.17) is 4.74 Å². The molecule has 1 saturated heterocycles. The number of hydrogen-bond acceptors (Lipinski definition) is 3. The van der Waals surface area contributed by atoms with E-state index in [1.807, 2.05) is 11.0 Å². The van der Waals surface area contributed by atoms with Crippen molar-refractivity contribution in [2.45, 2.75) is 32.3 Å². The normalized spacial score (nSPS) is 17.0. The number of rotatable bonds is 6. The van der Waals surface area contributed by atoms with Gasteiger partial charge < -0.3 is 9.64 Å². The highest BCUT2D eigenvalue weighted by molar-refractivity contribution is 5.93. The molecule has 1 aromatic heterocycles. The van der Waals surface area contributed by atoms with Gasteiger partial charge in [0.2, 0.25) is 0 Å². The van der Waals surface area contributed by atoms with Gasteiger partial charge in [-0.3, -0.25) is 9.78 Å². The second-order valence-corrected chi connectivity index (χ2v) is 6.36. The summed E-state index contributed by atoms with van der Waals surface area (Å²) in [6.45, 7) is 4.23. The maximum atomic E-state index is 12.8. The molecular weight excluding hydrogens is 300 g/mol. The number of pyridine rings is 1. The molecule has 0 spiro atoms. The minimum absolute atomic E-state index is 0.0331. The molecule has 1 aliphatic rings. The van der Waals surface area contributed by atoms with E-state index in [1.54, 1.807) is 18.5 Å². The number of amides is 1. The third kappa shape index (κ3) is 4.42.